The summed E-state index contributed by atoms with van der Waals surface area (Å²) in [6.07, 6.45) is 0.582. The Kier molecular flexibility index (Phi) is 9.55. The van der Waals surface area contributed by atoms with E-state index in [0.29, 0.717) is 28.9 Å². The van der Waals surface area contributed by atoms with Crippen LogP contribution in [0.15, 0.2) is 78.9 Å². The molecular formula is C28H30Cl2N2O2. The van der Waals surface area contributed by atoms with Crippen molar-refractivity contribution < 1.29 is 9.59 Å². The third-order valence-electron chi connectivity index (χ3n) is 5.47. The molecule has 0 saturated carbocycles. The zero-order valence-electron chi connectivity index (χ0n) is 19.5. The predicted octanol–water partition coefficient (Wildman–Crippen LogP) is 5.95. The fourth-order valence-corrected chi connectivity index (χ4v) is 4.03. The first-order valence-corrected chi connectivity index (χ1v) is 12.2. The molecule has 1 N–H and O–H groups in total. The minimum absolute atomic E-state index is 0.136. The van der Waals surface area contributed by atoms with Gasteiger partial charge in [0, 0.05) is 29.6 Å². The second-order valence-electron chi connectivity index (χ2n) is 8.80. The minimum atomic E-state index is -0.667. The SMILES string of the molecule is CC(C)CNC(=O)C(Cc1ccccc1)N(Cc1cccc(Cl)c1)C(=O)Cc1ccc(Cl)cc1. The van der Waals surface area contributed by atoms with Crippen LogP contribution in [0.4, 0.5) is 0 Å². The third-order valence-corrected chi connectivity index (χ3v) is 5.95. The highest BCUT2D eigenvalue weighted by atomic mass is 35.5. The Morgan fingerprint density at radius 1 is 0.824 bits per heavy atom. The smallest absolute Gasteiger partial charge is 0.243 e. The van der Waals surface area contributed by atoms with Crippen molar-refractivity contribution in [2.45, 2.75) is 39.3 Å². The summed E-state index contributed by atoms with van der Waals surface area (Å²) in [4.78, 5) is 28.7. The summed E-state index contributed by atoms with van der Waals surface area (Å²) in [7, 11) is 0. The van der Waals surface area contributed by atoms with Gasteiger partial charge in [-0.05, 0) is 46.9 Å². The summed E-state index contributed by atoms with van der Waals surface area (Å²) in [5.41, 5.74) is 2.70. The Bertz CT molecular complexity index is 1090. The molecule has 3 rings (SSSR count). The van der Waals surface area contributed by atoms with Crippen LogP contribution in [-0.2, 0) is 29.0 Å². The first kappa shape index (κ1) is 25.8. The van der Waals surface area contributed by atoms with E-state index in [2.05, 4.69) is 5.32 Å². The lowest BCUT2D eigenvalue weighted by molar-refractivity contribution is -0.140. The van der Waals surface area contributed by atoms with E-state index in [4.69, 9.17) is 23.2 Å². The predicted molar refractivity (Wildman–Crippen MR) is 139 cm³/mol. The standard InChI is InChI=1S/C28H30Cl2N2O2/c1-20(2)18-31-28(34)26(16-21-7-4-3-5-8-21)32(19-23-9-6-10-25(30)15-23)27(33)17-22-11-13-24(29)14-12-22/h3-15,20,26H,16-19H2,1-2H3,(H,31,34). The fourth-order valence-electron chi connectivity index (χ4n) is 3.69. The Labute approximate surface area is 211 Å². The summed E-state index contributed by atoms with van der Waals surface area (Å²) in [6, 6.07) is 23.7. The van der Waals surface area contributed by atoms with E-state index < -0.39 is 6.04 Å². The van der Waals surface area contributed by atoms with Crippen molar-refractivity contribution in [1.82, 2.24) is 10.2 Å². The number of amides is 2. The first-order chi connectivity index (χ1) is 16.3. The van der Waals surface area contributed by atoms with Crippen LogP contribution < -0.4 is 5.32 Å². The molecule has 0 aliphatic carbocycles. The van der Waals surface area contributed by atoms with Gasteiger partial charge >= 0.3 is 0 Å². The second kappa shape index (κ2) is 12.6. The average molecular weight is 497 g/mol. The minimum Gasteiger partial charge on any atom is -0.354 e. The molecule has 3 aromatic carbocycles. The number of rotatable bonds is 10. The van der Waals surface area contributed by atoms with E-state index in [1.54, 1.807) is 23.1 Å². The molecule has 0 spiro atoms. The Hall–Kier alpha value is -2.82. The summed E-state index contributed by atoms with van der Waals surface area (Å²) in [5, 5.41) is 4.23. The van der Waals surface area contributed by atoms with Crippen molar-refractivity contribution in [3.63, 3.8) is 0 Å². The zero-order chi connectivity index (χ0) is 24.5. The molecule has 0 fully saturated rings. The average Bonchev–Trinajstić information content (AvgIpc) is 2.82. The molecular weight excluding hydrogens is 467 g/mol. The second-order valence-corrected chi connectivity index (χ2v) is 9.67. The van der Waals surface area contributed by atoms with Gasteiger partial charge in [0.15, 0.2) is 0 Å². The lowest BCUT2D eigenvalue weighted by Gasteiger charge is -2.32. The van der Waals surface area contributed by atoms with Crippen LogP contribution in [0, 0.1) is 5.92 Å². The third kappa shape index (κ3) is 7.89. The van der Waals surface area contributed by atoms with Gasteiger partial charge in [0.05, 0.1) is 6.42 Å². The van der Waals surface area contributed by atoms with Crippen molar-refractivity contribution in [2.75, 3.05) is 6.54 Å². The summed E-state index contributed by atoms with van der Waals surface area (Å²) in [6.45, 7) is 4.91. The molecule has 34 heavy (non-hydrogen) atoms. The van der Waals surface area contributed by atoms with Crippen molar-refractivity contribution >= 4 is 35.0 Å². The van der Waals surface area contributed by atoms with Gasteiger partial charge < -0.3 is 10.2 Å². The number of halogens is 2. The molecule has 0 aliphatic rings. The van der Waals surface area contributed by atoms with Crippen LogP contribution in [0.25, 0.3) is 0 Å². The zero-order valence-corrected chi connectivity index (χ0v) is 21.0. The van der Waals surface area contributed by atoms with E-state index in [0.717, 1.165) is 16.7 Å². The summed E-state index contributed by atoms with van der Waals surface area (Å²) >= 11 is 12.2. The molecule has 6 heteroatoms. The normalized spacial score (nSPS) is 11.8. The highest BCUT2D eigenvalue weighted by Crippen LogP contribution is 2.19. The maximum absolute atomic E-state index is 13.6. The van der Waals surface area contributed by atoms with Crippen molar-refractivity contribution in [1.29, 1.82) is 0 Å². The van der Waals surface area contributed by atoms with Gasteiger partial charge in [-0.1, -0.05) is 91.6 Å². The number of nitrogens with zero attached hydrogens (tertiary/aromatic N) is 1. The van der Waals surface area contributed by atoms with E-state index in [1.807, 2.05) is 74.5 Å². The molecule has 0 bridgehead atoms. The molecule has 1 unspecified atom stereocenters. The molecule has 2 amide bonds. The Balaban J connectivity index is 1.94. The highest BCUT2D eigenvalue weighted by molar-refractivity contribution is 6.30. The molecule has 0 saturated heterocycles. The number of benzene rings is 3. The number of hydrogen-bond acceptors (Lipinski definition) is 2. The molecule has 0 radical (unpaired) electrons. The van der Waals surface area contributed by atoms with Crippen LogP contribution >= 0.6 is 23.2 Å². The van der Waals surface area contributed by atoms with Gasteiger partial charge in [-0.15, -0.1) is 0 Å². The quantitative estimate of drug-likeness (QED) is 0.377. The van der Waals surface area contributed by atoms with Gasteiger partial charge in [-0.2, -0.15) is 0 Å². The number of carbonyl (C=O) groups excluding carboxylic acids is 2. The van der Waals surface area contributed by atoms with Gasteiger partial charge in [0.25, 0.3) is 0 Å². The maximum Gasteiger partial charge on any atom is 0.243 e. The van der Waals surface area contributed by atoms with Crippen LogP contribution in [0.5, 0.6) is 0 Å². The Morgan fingerprint density at radius 3 is 2.15 bits per heavy atom. The van der Waals surface area contributed by atoms with Crippen LogP contribution in [0.1, 0.15) is 30.5 Å². The van der Waals surface area contributed by atoms with E-state index in [1.165, 1.54) is 0 Å². The monoisotopic (exact) mass is 496 g/mol. The van der Waals surface area contributed by atoms with E-state index in [-0.39, 0.29) is 24.8 Å². The summed E-state index contributed by atoms with van der Waals surface area (Å²) in [5.74, 6) is -0.000521. The number of hydrogen-bond donors (Lipinski definition) is 1. The van der Waals surface area contributed by atoms with Crippen LogP contribution in [-0.4, -0.2) is 29.3 Å². The van der Waals surface area contributed by atoms with Crippen LogP contribution in [0.3, 0.4) is 0 Å². The molecule has 1 atom stereocenters. The van der Waals surface area contributed by atoms with Gasteiger partial charge in [0.2, 0.25) is 11.8 Å². The largest absolute Gasteiger partial charge is 0.354 e. The first-order valence-electron chi connectivity index (χ1n) is 11.4. The lowest BCUT2D eigenvalue weighted by atomic mass is 10.0. The topological polar surface area (TPSA) is 49.4 Å². The lowest BCUT2D eigenvalue weighted by Crippen LogP contribution is -2.51. The van der Waals surface area contributed by atoms with Crippen molar-refractivity contribution in [3.05, 3.63) is 106 Å². The summed E-state index contributed by atoms with van der Waals surface area (Å²) < 4.78 is 0. The highest BCUT2D eigenvalue weighted by Gasteiger charge is 2.30. The molecule has 0 heterocycles. The fraction of sp³-hybridized carbons (Fsp3) is 0.286. The van der Waals surface area contributed by atoms with Gasteiger partial charge in [0.1, 0.15) is 6.04 Å². The Morgan fingerprint density at radius 2 is 1.50 bits per heavy atom. The molecule has 178 valence electrons. The maximum atomic E-state index is 13.6. The van der Waals surface area contributed by atoms with Crippen LogP contribution in [0.2, 0.25) is 10.0 Å². The van der Waals surface area contributed by atoms with Gasteiger partial charge in [-0.25, -0.2) is 0 Å². The van der Waals surface area contributed by atoms with E-state index in [9.17, 15) is 9.59 Å². The molecule has 4 nitrogen and oxygen atoms in total. The molecule has 0 aromatic heterocycles. The number of nitrogens with one attached hydrogen (secondary N) is 1. The molecule has 3 aromatic rings. The number of carbonyl (C=O) groups is 2. The van der Waals surface area contributed by atoms with Crippen molar-refractivity contribution in [3.8, 4) is 0 Å². The van der Waals surface area contributed by atoms with Gasteiger partial charge in [-0.3, -0.25) is 9.59 Å². The molecule has 0 aliphatic heterocycles. The van der Waals surface area contributed by atoms with E-state index >= 15 is 0 Å². The van der Waals surface area contributed by atoms with Crippen molar-refractivity contribution in [2.24, 2.45) is 5.92 Å².